The summed E-state index contributed by atoms with van der Waals surface area (Å²) in [5.74, 6) is 1.73. The molecule has 4 aromatic rings. The van der Waals surface area contributed by atoms with Gasteiger partial charge in [-0.1, -0.05) is 77.9 Å². The Kier molecular flexibility index (Phi) is 9.81. The van der Waals surface area contributed by atoms with Crippen molar-refractivity contribution < 1.29 is 28.8 Å². The van der Waals surface area contributed by atoms with Crippen molar-refractivity contribution in [3.63, 3.8) is 0 Å². The quantitative estimate of drug-likeness (QED) is 0.187. The van der Waals surface area contributed by atoms with Gasteiger partial charge < -0.3 is 29.8 Å². The van der Waals surface area contributed by atoms with Gasteiger partial charge in [0, 0.05) is 36.8 Å². The van der Waals surface area contributed by atoms with E-state index in [9.17, 15) is 9.90 Å². The zero-order chi connectivity index (χ0) is 30.2. The number of carbonyl (C=O) groups is 1. The molecule has 5 rings (SSSR count). The van der Waals surface area contributed by atoms with Crippen LogP contribution in [-0.2, 0) is 31.1 Å². The van der Waals surface area contributed by atoms with Gasteiger partial charge in [-0.05, 0) is 43.5 Å². The molecule has 1 heterocycles. The highest BCUT2D eigenvalue weighted by Crippen LogP contribution is 2.39. The van der Waals surface area contributed by atoms with Crippen LogP contribution in [0.5, 0.6) is 23.0 Å². The standard InChI is InChI=1S/C35H38N2O6/c1-24-7-5-9-26(15-24)21-40-31-12-4-3-11-28(31)19-37(14-13-30(36)35(38)39)20-29-17-33-34(43-23-42-33)18-32(29)41-22-27-10-6-8-25(2)16-27/h3-12,15-18,30H,13-14,19-23,36H2,1-2H3,(H,38,39)/t30-/m0/s1. The third kappa shape index (κ3) is 8.28. The predicted octanol–water partition coefficient (Wildman–Crippen LogP) is 5.99. The number of benzene rings is 4. The van der Waals surface area contributed by atoms with Crippen molar-refractivity contribution in [2.75, 3.05) is 13.3 Å². The first-order valence-electron chi connectivity index (χ1n) is 14.4. The fraction of sp³-hybridized carbons (Fsp3) is 0.286. The minimum atomic E-state index is -1.02. The maximum absolute atomic E-state index is 11.5. The first kappa shape index (κ1) is 29.9. The van der Waals surface area contributed by atoms with E-state index >= 15 is 0 Å². The average Bonchev–Trinajstić information content (AvgIpc) is 3.45. The van der Waals surface area contributed by atoms with E-state index in [-0.39, 0.29) is 13.2 Å². The topological polar surface area (TPSA) is 103 Å². The van der Waals surface area contributed by atoms with E-state index in [2.05, 4.69) is 43.0 Å². The van der Waals surface area contributed by atoms with Crippen molar-refractivity contribution in [2.45, 2.75) is 52.6 Å². The third-order valence-electron chi connectivity index (χ3n) is 7.34. The summed E-state index contributed by atoms with van der Waals surface area (Å²) in [7, 11) is 0. The molecule has 1 aliphatic rings. The lowest BCUT2D eigenvalue weighted by Gasteiger charge is -2.26. The van der Waals surface area contributed by atoms with E-state index in [0.29, 0.717) is 50.1 Å². The molecule has 0 bridgehead atoms. The summed E-state index contributed by atoms with van der Waals surface area (Å²) in [5, 5.41) is 9.45. The smallest absolute Gasteiger partial charge is 0.320 e. The Hall–Kier alpha value is -4.53. The largest absolute Gasteiger partial charge is 0.489 e. The van der Waals surface area contributed by atoms with E-state index in [0.717, 1.165) is 33.6 Å². The third-order valence-corrected chi connectivity index (χ3v) is 7.34. The van der Waals surface area contributed by atoms with Crippen LogP contribution in [0.3, 0.4) is 0 Å². The Labute approximate surface area is 252 Å². The summed E-state index contributed by atoms with van der Waals surface area (Å²) in [4.78, 5) is 13.7. The normalized spacial score (nSPS) is 12.7. The van der Waals surface area contributed by atoms with Gasteiger partial charge in [-0.15, -0.1) is 0 Å². The summed E-state index contributed by atoms with van der Waals surface area (Å²) >= 11 is 0. The second-order valence-corrected chi connectivity index (χ2v) is 10.9. The first-order valence-corrected chi connectivity index (χ1v) is 14.4. The lowest BCUT2D eigenvalue weighted by molar-refractivity contribution is -0.138. The summed E-state index contributed by atoms with van der Waals surface area (Å²) in [6.45, 7) is 6.55. The van der Waals surface area contributed by atoms with Crippen molar-refractivity contribution in [3.05, 3.63) is 118 Å². The fourth-order valence-corrected chi connectivity index (χ4v) is 5.07. The van der Waals surface area contributed by atoms with Crippen LogP contribution in [0.4, 0.5) is 0 Å². The van der Waals surface area contributed by atoms with Crippen LogP contribution >= 0.6 is 0 Å². The highest BCUT2D eigenvalue weighted by Gasteiger charge is 2.22. The van der Waals surface area contributed by atoms with Crippen LogP contribution < -0.4 is 24.7 Å². The number of rotatable bonds is 14. The number of carboxylic acid groups (broad SMARTS) is 1. The molecule has 0 radical (unpaired) electrons. The SMILES string of the molecule is Cc1cccc(COc2ccccc2CN(CC[C@H](N)C(=O)O)Cc2cc3c(cc2OCc2cccc(C)c2)OCO3)c1. The number of nitrogens with two attached hydrogens (primary N) is 1. The molecule has 0 aromatic heterocycles. The maximum atomic E-state index is 11.5. The highest BCUT2D eigenvalue weighted by molar-refractivity contribution is 5.73. The molecule has 1 atom stereocenters. The number of para-hydroxylation sites is 1. The minimum absolute atomic E-state index is 0.152. The van der Waals surface area contributed by atoms with Gasteiger partial charge >= 0.3 is 5.97 Å². The lowest BCUT2D eigenvalue weighted by atomic mass is 10.1. The molecule has 0 saturated heterocycles. The van der Waals surface area contributed by atoms with Crippen LogP contribution in [0.25, 0.3) is 0 Å². The van der Waals surface area contributed by atoms with Crippen LogP contribution in [0.1, 0.15) is 39.8 Å². The van der Waals surface area contributed by atoms with Crippen LogP contribution in [-0.4, -0.2) is 35.4 Å². The van der Waals surface area contributed by atoms with Crippen molar-refractivity contribution in [1.82, 2.24) is 4.90 Å². The number of hydrogen-bond acceptors (Lipinski definition) is 7. The Morgan fingerprint density at radius 2 is 1.42 bits per heavy atom. The zero-order valence-electron chi connectivity index (χ0n) is 24.6. The monoisotopic (exact) mass is 582 g/mol. The zero-order valence-corrected chi connectivity index (χ0v) is 24.6. The molecule has 8 nitrogen and oxygen atoms in total. The van der Waals surface area contributed by atoms with Gasteiger partial charge in [-0.2, -0.15) is 0 Å². The first-order chi connectivity index (χ1) is 20.8. The highest BCUT2D eigenvalue weighted by atomic mass is 16.7. The summed E-state index contributed by atoms with van der Waals surface area (Å²) in [6.07, 6.45) is 0.283. The molecule has 0 amide bonds. The van der Waals surface area contributed by atoms with E-state index in [1.54, 1.807) is 0 Å². The number of aliphatic carboxylic acids is 1. The van der Waals surface area contributed by atoms with Gasteiger partial charge in [0.05, 0.1) is 0 Å². The second kappa shape index (κ2) is 14.1. The van der Waals surface area contributed by atoms with Gasteiger partial charge in [0.2, 0.25) is 6.79 Å². The van der Waals surface area contributed by atoms with Crippen LogP contribution in [0.2, 0.25) is 0 Å². The number of ether oxygens (including phenoxy) is 4. The Morgan fingerprint density at radius 1 is 0.814 bits per heavy atom. The molecule has 0 unspecified atom stereocenters. The molecule has 0 aliphatic carbocycles. The lowest BCUT2D eigenvalue weighted by Crippen LogP contribution is -2.35. The fourth-order valence-electron chi connectivity index (χ4n) is 5.07. The number of nitrogens with zero attached hydrogens (tertiary/aromatic N) is 1. The summed E-state index contributed by atoms with van der Waals surface area (Å²) in [5.41, 5.74) is 12.3. The molecule has 3 N–H and O–H groups in total. The molecule has 0 fully saturated rings. The van der Waals surface area contributed by atoms with Crippen molar-refractivity contribution in [1.29, 1.82) is 0 Å². The number of hydrogen-bond donors (Lipinski definition) is 2. The maximum Gasteiger partial charge on any atom is 0.320 e. The number of carboxylic acids is 1. The van der Waals surface area contributed by atoms with E-state index in [4.69, 9.17) is 24.7 Å². The Bertz CT molecular complexity index is 1560. The molecule has 0 spiro atoms. The second-order valence-electron chi connectivity index (χ2n) is 10.9. The van der Waals surface area contributed by atoms with Gasteiger partial charge in [0.15, 0.2) is 11.5 Å². The molecule has 43 heavy (non-hydrogen) atoms. The van der Waals surface area contributed by atoms with Gasteiger partial charge in [-0.25, -0.2) is 0 Å². The Balaban J connectivity index is 1.38. The van der Waals surface area contributed by atoms with Crippen LogP contribution in [0, 0.1) is 13.8 Å². The van der Waals surface area contributed by atoms with Crippen molar-refractivity contribution in [3.8, 4) is 23.0 Å². The van der Waals surface area contributed by atoms with E-state index in [1.807, 2.05) is 60.7 Å². The van der Waals surface area contributed by atoms with Crippen molar-refractivity contribution in [2.24, 2.45) is 5.73 Å². The predicted molar refractivity (Wildman–Crippen MR) is 164 cm³/mol. The van der Waals surface area contributed by atoms with E-state index in [1.165, 1.54) is 5.56 Å². The minimum Gasteiger partial charge on any atom is -0.489 e. The van der Waals surface area contributed by atoms with Gasteiger partial charge in [-0.3, -0.25) is 9.69 Å². The molecule has 4 aromatic carbocycles. The molecule has 1 aliphatic heterocycles. The van der Waals surface area contributed by atoms with Gasteiger partial charge in [0.1, 0.15) is 30.8 Å². The average molecular weight is 583 g/mol. The molecular formula is C35H38N2O6. The Morgan fingerprint density at radius 3 is 2.07 bits per heavy atom. The van der Waals surface area contributed by atoms with Crippen LogP contribution in [0.15, 0.2) is 84.9 Å². The summed E-state index contributed by atoms with van der Waals surface area (Å²) in [6, 6.07) is 27.2. The molecule has 8 heteroatoms. The summed E-state index contributed by atoms with van der Waals surface area (Å²) < 4.78 is 23.9. The van der Waals surface area contributed by atoms with Gasteiger partial charge in [0.25, 0.3) is 0 Å². The molecule has 224 valence electrons. The number of fused-ring (bicyclic) bond motifs is 1. The molecular weight excluding hydrogens is 544 g/mol. The number of aryl methyl sites for hydroxylation is 2. The van der Waals surface area contributed by atoms with E-state index < -0.39 is 12.0 Å². The van der Waals surface area contributed by atoms with Crippen molar-refractivity contribution >= 4 is 5.97 Å². The molecule has 0 saturated carbocycles.